The van der Waals surface area contributed by atoms with Crippen LogP contribution in [-0.4, -0.2) is 23.8 Å². The van der Waals surface area contributed by atoms with Crippen molar-refractivity contribution in [3.05, 3.63) is 29.3 Å². The first-order chi connectivity index (χ1) is 10.6. The predicted molar refractivity (Wildman–Crippen MR) is 91.4 cm³/mol. The molecule has 1 aromatic rings. The molecule has 0 unspecified atom stereocenters. The molecular formula is C18H28N2O3. The second-order valence-corrected chi connectivity index (χ2v) is 7.84. The molecule has 1 aliphatic rings. The summed E-state index contributed by atoms with van der Waals surface area (Å²) in [5, 5.41) is 0. The number of carbonyl (C=O) groups is 1. The number of anilines is 1. The minimum Gasteiger partial charge on any atom is -0.443 e. The number of hydrogen-bond acceptors (Lipinski definition) is 4. The van der Waals surface area contributed by atoms with Crippen molar-refractivity contribution in [2.45, 2.75) is 65.7 Å². The van der Waals surface area contributed by atoms with E-state index in [1.165, 1.54) is 5.56 Å². The molecule has 0 atom stereocenters. The molecule has 0 bridgehead atoms. The van der Waals surface area contributed by atoms with Crippen molar-refractivity contribution >= 4 is 11.8 Å². The normalized spacial score (nSPS) is 14.8. The highest BCUT2D eigenvalue weighted by Gasteiger charge is 2.30. The van der Waals surface area contributed by atoms with Crippen molar-refractivity contribution in [1.29, 1.82) is 0 Å². The van der Waals surface area contributed by atoms with E-state index >= 15 is 0 Å². The maximum Gasteiger partial charge on any atom is 0.414 e. The zero-order valence-corrected chi connectivity index (χ0v) is 15.0. The summed E-state index contributed by atoms with van der Waals surface area (Å²) < 4.78 is 5.53. The topological polar surface area (TPSA) is 50.8 Å². The van der Waals surface area contributed by atoms with Gasteiger partial charge in [0.1, 0.15) is 5.60 Å². The van der Waals surface area contributed by atoms with Crippen molar-refractivity contribution < 1.29 is 14.4 Å². The lowest BCUT2D eigenvalue weighted by Crippen LogP contribution is -2.36. The molecule has 0 saturated heterocycles. The molecule has 2 rings (SSSR count). The fourth-order valence-corrected chi connectivity index (χ4v) is 2.51. The first-order valence-electron chi connectivity index (χ1n) is 8.09. The van der Waals surface area contributed by atoms with Gasteiger partial charge in [-0.25, -0.2) is 4.79 Å². The van der Waals surface area contributed by atoms with Gasteiger partial charge in [0, 0.05) is 13.1 Å². The monoisotopic (exact) mass is 320 g/mol. The number of carbonyl (C=O) groups excluding carboxylic acids is 1. The molecule has 1 aliphatic heterocycles. The quantitative estimate of drug-likeness (QED) is 0.861. The Morgan fingerprint density at radius 2 is 1.87 bits per heavy atom. The van der Waals surface area contributed by atoms with Gasteiger partial charge < -0.3 is 4.74 Å². The minimum atomic E-state index is -0.498. The van der Waals surface area contributed by atoms with Crippen LogP contribution < -0.4 is 10.4 Å². The zero-order chi connectivity index (χ0) is 17.3. The highest BCUT2D eigenvalue weighted by atomic mass is 16.7. The van der Waals surface area contributed by atoms with Crippen LogP contribution in [-0.2, 0) is 22.5 Å². The lowest BCUT2D eigenvalue weighted by molar-refractivity contribution is -0.0757. The van der Waals surface area contributed by atoms with E-state index in [9.17, 15) is 4.79 Å². The Bertz CT molecular complexity index is 571. The Kier molecular flexibility index (Phi) is 5.01. The summed E-state index contributed by atoms with van der Waals surface area (Å²) in [5.74, 6) is 0. The first-order valence-corrected chi connectivity index (χ1v) is 8.09. The van der Waals surface area contributed by atoms with E-state index in [1.807, 2.05) is 53.7 Å². The molecule has 0 aliphatic carbocycles. The average molecular weight is 320 g/mol. The van der Waals surface area contributed by atoms with Crippen LogP contribution in [0.4, 0.5) is 10.5 Å². The summed E-state index contributed by atoms with van der Waals surface area (Å²) in [7, 11) is 0. The summed E-state index contributed by atoms with van der Waals surface area (Å²) in [6.45, 7) is 12.8. The van der Waals surface area contributed by atoms with Crippen LogP contribution >= 0.6 is 0 Å². The minimum absolute atomic E-state index is 0.261. The SMILES string of the molecule is CC(C)(C)ONCc1cccc2c1N(C(=O)OC(C)(C)C)CC2. The maximum atomic E-state index is 12.5. The van der Waals surface area contributed by atoms with Gasteiger partial charge in [0.15, 0.2) is 0 Å². The number of hydroxylamine groups is 1. The van der Waals surface area contributed by atoms with Crippen LogP contribution in [0, 0.1) is 0 Å². The summed E-state index contributed by atoms with van der Waals surface area (Å²) in [6.07, 6.45) is 0.558. The molecule has 0 fully saturated rings. The van der Waals surface area contributed by atoms with Crippen molar-refractivity contribution in [3.63, 3.8) is 0 Å². The summed E-state index contributed by atoms with van der Waals surface area (Å²) in [5.41, 5.74) is 5.40. The molecule has 128 valence electrons. The number of amides is 1. The van der Waals surface area contributed by atoms with Gasteiger partial charge in [-0.3, -0.25) is 9.74 Å². The fraction of sp³-hybridized carbons (Fsp3) is 0.611. The van der Waals surface area contributed by atoms with Crippen molar-refractivity contribution in [3.8, 4) is 0 Å². The van der Waals surface area contributed by atoms with E-state index in [4.69, 9.17) is 9.57 Å². The smallest absolute Gasteiger partial charge is 0.414 e. The van der Waals surface area contributed by atoms with Gasteiger partial charge in [-0.05, 0) is 59.1 Å². The Labute approximate surface area is 138 Å². The molecule has 1 amide bonds. The third-order valence-electron chi connectivity index (χ3n) is 3.33. The Balaban J connectivity index is 2.15. The lowest BCUT2D eigenvalue weighted by atomic mass is 10.1. The van der Waals surface area contributed by atoms with E-state index < -0.39 is 5.60 Å². The molecule has 1 heterocycles. The van der Waals surface area contributed by atoms with E-state index in [0.717, 1.165) is 17.7 Å². The number of para-hydroxylation sites is 1. The summed E-state index contributed by atoms with van der Waals surface area (Å²) in [6, 6.07) is 6.10. The van der Waals surface area contributed by atoms with Crippen LogP contribution in [0.25, 0.3) is 0 Å². The Morgan fingerprint density at radius 1 is 1.17 bits per heavy atom. The van der Waals surface area contributed by atoms with E-state index in [1.54, 1.807) is 4.90 Å². The maximum absolute atomic E-state index is 12.5. The third kappa shape index (κ3) is 4.94. The van der Waals surface area contributed by atoms with Gasteiger partial charge in [0.05, 0.1) is 11.3 Å². The number of fused-ring (bicyclic) bond motifs is 1. The van der Waals surface area contributed by atoms with E-state index in [0.29, 0.717) is 13.1 Å². The Hall–Kier alpha value is -1.59. The van der Waals surface area contributed by atoms with Gasteiger partial charge in [-0.2, -0.15) is 5.48 Å². The third-order valence-corrected chi connectivity index (χ3v) is 3.33. The van der Waals surface area contributed by atoms with Crippen LogP contribution in [0.3, 0.4) is 0 Å². The second kappa shape index (κ2) is 6.49. The molecule has 5 heteroatoms. The molecule has 0 aromatic heterocycles. The summed E-state index contributed by atoms with van der Waals surface area (Å²) >= 11 is 0. The number of benzene rings is 1. The van der Waals surface area contributed by atoms with E-state index in [2.05, 4.69) is 11.5 Å². The van der Waals surface area contributed by atoms with Gasteiger partial charge in [-0.1, -0.05) is 18.2 Å². The molecule has 1 N–H and O–H groups in total. The highest BCUT2D eigenvalue weighted by Crippen LogP contribution is 2.33. The number of rotatable bonds is 3. The van der Waals surface area contributed by atoms with Crippen LogP contribution in [0.2, 0.25) is 0 Å². The highest BCUT2D eigenvalue weighted by molar-refractivity contribution is 5.91. The Morgan fingerprint density at radius 3 is 2.48 bits per heavy atom. The number of hydrogen-bond donors (Lipinski definition) is 1. The number of ether oxygens (including phenoxy) is 1. The molecule has 5 nitrogen and oxygen atoms in total. The fourth-order valence-electron chi connectivity index (χ4n) is 2.51. The lowest BCUT2D eigenvalue weighted by Gasteiger charge is -2.26. The van der Waals surface area contributed by atoms with Gasteiger partial charge in [-0.15, -0.1) is 0 Å². The largest absolute Gasteiger partial charge is 0.443 e. The predicted octanol–water partition coefficient (Wildman–Crippen LogP) is 3.80. The van der Waals surface area contributed by atoms with Crippen LogP contribution in [0.5, 0.6) is 0 Å². The molecular weight excluding hydrogens is 292 g/mol. The molecule has 23 heavy (non-hydrogen) atoms. The summed E-state index contributed by atoms with van der Waals surface area (Å²) in [4.78, 5) is 19.8. The van der Waals surface area contributed by atoms with Gasteiger partial charge >= 0.3 is 6.09 Å². The standard InChI is InChI=1S/C18H28N2O3/c1-17(2,3)22-16(21)20-11-10-13-8-7-9-14(15(13)20)12-19-23-18(4,5)6/h7-9,19H,10-12H2,1-6H3. The molecule has 0 radical (unpaired) electrons. The molecule has 1 aromatic carbocycles. The van der Waals surface area contributed by atoms with Crippen LogP contribution in [0.1, 0.15) is 52.7 Å². The van der Waals surface area contributed by atoms with Crippen molar-refractivity contribution in [1.82, 2.24) is 5.48 Å². The van der Waals surface area contributed by atoms with Gasteiger partial charge in [0.2, 0.25) is 0 Å². The zero-order valence-electron chi connectivity index (χ0n) is 15.0. The first kappa shape index (κ1) is 17.8. The van der Waals surface area contributed by atoms with Crippen molar-refractivity contribution in [2.75, 3.05) is 11.4 Å². The van der Waals surface area contributed by atoms with Gasteiger partial charge in [0.25, 0.3) is 0 Å². The molecule has 0 spiro atoms. The number of nitrogens with zero attached hydrogens (tertiary/aromatic N) is 1. The van der Waals surface area contributed by atoms with E-state index in [-0.39, 0.29) is 11.7 Å². The van der Waals surface area contributed by atoms with Crippen LogP contribution in [0.15, 0.2) is 18.2 Å². The number of nitrogens with one attached hydrogen (secondary N) is 1. The second-order valence-electron chi connectivity index (χ2n) is 7.84. The molecule has 0 saturated carbocycles. The average Bonchev–Trinajstić information content (AvgIpc) is 2.80. The van der Waals surface area contributed by atoms with Crippen molar-refractivity contribution in [2.24, 2.45) is 0 Å².